The van der Waals surface area contributed by atoms with Crippen molar-refractivity contribution in [2.24, 2.45) is 0 Å². The van der Waals surface area contributed by atoms with Gasteiger partial charge >= 0.3 is 0 Å². The highest BCUT2D eigenvalue weighted by molar-refractivity contribution is 7.36. The third-order valence-corrected chi connectivity index (χ3v) is 8.75. The second-order valence-electron chi connectivity index (χ2n) is 15.0. The lowest BCUT2D eigenvalue weighted by molar-refractivity contribution is 0.555. The maximum absolute atomic E-state index is 7.00. The van der Waals surface area contributed by atoms with Crippen LogP contribution in [0.25, 0.3) is 21.9 Å². The van der Waals surface area contributed by atoms with Crippen molar-refractivity contribution in [3.8, 4) is 0 Å². The summed E-state index contributed by atoms with van der Waals surface area (Å²) in [6, 6.07) is 20.1. The van der Waals surface area contributed by atoms with Crippen LogP contribution in [0.4, 0.5) is 0 Å². The predicted molar refractivity (Wildman–Crippen MR) is 167 cm³/mol. The molecule has 0 amide bonds. The summed E-state index contributed by atoms with van der Waals surface area (Å²) in [7, 11) is -1.25. The van der Waals surface area contributed by atoms with Crippen LogP contribution in [0.3, 0.4) is 0 Å². The zero-order chi connectivity index (χ0) is 28.3. The molecule has 0 fully saturated rings. The van der Waals surface area contributed by atoms with Crippen molar-refractivity contribution in [1.29, 1.82) is 0 Å². The Morgan fingerprint density at radius 2 is 0.921 bits per heavy atom. The first kappa shape index (κ1) is 28.6. The van der Waals surface area contributed by atoms with Crippen molar-refractivity contribution in [1.82, 2.24) is 0 Å². The molecule has 204 valence electrons. The van der Waals surface area contributed by atoms with Crippen LogP contribution < -0.4 is 0 Å². The minimum absolute atomic E-state index is 0.00558. The number of fused-ring (bicyclic) bond motifs is 3. The van der Waals surface area contributed by atoms with E-state index in [0.717, 1.165) is 28.1 Å². The largest absolute Gasteiger partial charge is 0.419 e. The number of rotatable bonds is 2. The van der Waals surface area contributed by atoms with Crippen LogP contribution in [0.5, 0.6) is 0 Å². The number of benzene rings is 3. The summed E-state index contributed by atoms with van der Waals surface area (Å²) in [4.78, 5) is 0. The Morgan fingerprint density at radius 3 is 1.26 bits per heavy atom. The molecular formula is C35H47O2P. The van der Waals surface area contributed by atoms with Crippen LogP contribution in [0.15, 0.2) is 63.0 Å². The second kappa shape index (κ2) is 9.63. The van der Waals surface area contributed by atoms with E-state index in [4.69, 9.17) is 8.39 Å². The highest BCUT2D eigenvalue weighted by atomic mass is 31.1. The van der Waals surface area contributed by atoms with Gasteiger partial charge in [0.15, 0.2) is 0 Å². The quantitative estimate of drug-likeness (QED) is 0.258. The monoisotopic (exact) mass is 530 g/mol. The standard InChI is InChI=1S/C35H47O2P/c1-32(2,3)24-18-26-27-19-25(33(4,5)6)21-29(35(10,11)12)31(27)37-38(22-23-16-14-13-15-17-23)36-30(26)28(20-24)34(7,8)9/h13-21H,22H2,1-12H3. The summed E-state index contributed by atoms with van der Waals surface area (Å²) in [5.41, 5.74) is 8.18. The molecule has 0 aliphatic carbocycles. The van der Waals surface area contributed by atoms with Gasteiger partial charge in [0.05, 0.1) is 6.16 Å². The maximum Gasteiger partial charge on any atom is 0.221 e. The van der Waals surface area contributed by atoms with E-state index >= 15 is 0 Å². The van der Waals surface area contributed by atoms with Crippen molar-refractivity contribution in [3.63, 3.8) is 0 Å². The minimum atomic E-state index is -1.25. The topological polar surface area (TPSA) is 26.3 Å². The first-order valence-electron chi connectivity index (χ1n) is 13.9. The molecule has 0 saturated heterocycles. The molecule has 4 aromatic rings. The van der Waals surface area contributed by atoms with Crippen molar-refractivity contribution >= 4 is 30.0 Å². The summed E-state index contributed by atoms with van der Waals surface area (Å²) >= 11 is 0. The number of hydrogen-bond donors (Lipinski definition) is 0. The molecule has 0 radical (unpaired) electrons. The third kappa shape index (κ3) is 5.91. The molecule has 0 aliphatic rings. The van der Waals surface area contributed by atoms with Gasteiger partial charge in [0.1, 0.15) is 11.2 Å². The van der Waals surface area contributed by atoms with E-state index in [-0.39, 0.29) is 21.7 Å². The molecule has 0 spiro atoms. The summed E-state index contributed by atoms with van der Waals surface area (Å²) in [6.07, 6.45) is 0.740. The lowest BCUT2D eigenvalue weighted by Gasteiger charge is -2.27. The maximum atomic E-state index is 7.00. The Kier molecular flexibility index (Phi) is 7.24. The van der Waals surface area contributed by atoms with Gasteiger partial charge in [-0.25, -0.2) is 0 Å². The number of hydrogen-bond acceptors (Lipinski definition) is 2. The Morgan fingerprint density at radius 1 is 0.526 bits per heavy atom. The smallest absolute Gasteiger partial charge is 0.221 e. The van der Waals surface area contributed by atoms with E-state index in [1.807, 2.05) is 0 Å². The summed E-state index contributed by atoms with van der Waals surface area (Å²) in [6.45, 7) is 27.5. The van der Waals surface area contributed by atoms with E-state index in [9.17, 15) is 0 Å². The normalized spacial score (nSPS) is 13.4. The van der Waals surface area contributed by atoms with Crippen LogP contribution >= 0.6 is 8.01 Å². The SMILES string of the molecule is CC(C)(C)c1cc(C(C)(C)C)c2op(Cc3ccccc3)oc3c(C(C)(C)C)cc(C(C)(C)C)cc3c2c1. The molecule has 0 bridgehead atoms. The molecular weight excluding hydrogens is 483 g/mol. The van der Waals surface area contributed by atoms with Crippen LogP contribution in [-0.4, -0.2) is 0 Å². The van der Waals surface area contributed by atoms with Gasteiger partial charge in [0.25, 0.3) is 0 Å². The lowest BCUT2D eigenvalue weighted by Crippen LogP contribution is -2.17. The molecule has 0 aliphatic heterocycles. The second-order valence-corrected chi connectivity index (χ2v) is 16.3. The van der Waals surface area contributed by atoms with Gasteiger partial charge in [-0.3, -0.25) is 0 Å². The first-order valence-corrected chi connectivity index (χ1v) is 15.3. The zero-order valence-electron chi connectivity index (χ0n) is 25.7. The molecule has 2 nitrogen and oxygen atoms in total. The van der Waals surface area contributed by atoms with Crippen LogP contribution in [0.2, 0.25) is 0 Å². The van der Waals surface area contributed by atoms with Crippen molar-refractivity contribution in [2.75, 3.05) is 0 Å². The van der Waals surface area contributed by atoms with Gasteiger partial charge < -0.3 is 8.39 Å². The predicted octanol–water partition coefficient (Wildman–Crippen LogP) is 11.5. The Hall–Kier alpha value is -2.44. The Labute approximate surface area is 231 Å². The van der Waals surface area contributed by atoms with Crippen molar-refractivity contribution in [2.45, 2.75) is 111 Å². The van der Waals surface area contributed by atoms with Crippen molar-refractivity contribution < 1.29 is 8.39 Å². The van der Waals surface area contributed by atoms with E-state index in [1.54, 1.807) is 0 Å². The summed E-state index contributed by atoms with van der Waals surface area (Å²) in [5.74, 6) is 0. The van der Waals surface area contributed by atoms with Gasteiger partial charge in [-0.05, 0) is 50.5 Å². The highest BCUT2D eigenvalue weighted by Gasteiger charge is 2.28. The van der Waals surface area contributed by atoms with Crippen molar-refractivity contribution in [3.05, 3.63) is 82.4 Å². The van der Waals surface area contributed by atoms with Crippen LogP contribution in [0.1, 0.15) is 111 Å². The van der Waals surface area contributed by atoms with E-state index < -0.39 is 8.01 Å². The van der Waals surface area contributed by atoms with Crippen LogP contribution in [-0.2, 0) is 27.8 Å². The molecule has 0 N–H and O–H groups in total. The molecule has 0 unspecified atom stereocenters. The van der Waals surface area contributed by atoms with Gasteiger partial charge in [0, 0.05) is 21.9 Å². The van der Waals surface area contributed by atoms with E-state index in [1.165, 1.54) is 27.8 Å². The fourth-order valence-electron chi connectivity index (χ4n) is 4.85. The lowest BCUT2D eigenvalue weighted by atomic mass is 9.77. The molecule has 0 saturated carbocycles. The van der Waals surface area contributed by atoms with Crippen LogP contribution in [0, 0.1) is 0 Å². The molecule has 3 heteroatoms. The Balaban J connectivity index is 2.30. The molecule has 1 aromatic heterocycles. The minimum Gasteiger partial charge on any atom is -0.419 e. The van der Waals surface area contributed by atoms with E-state index in [0.29, 0.717) is 0 Å². The molecule has 3 aromatic carbocycles. The molecule has 1 heterocycles. The van der Waals surface area contributed by atoms with E-state index in [2.05, 4.69) is 138 Å². The average Bonchev–Trinajstić information content (AvgIpc) is 2.92. The average molecular weight is 531 g/mol. The summed E-state index contributed by atoms with van der Waals surface area (Å²) < 4.78 is 14.0. The van der Waals surface area contributed by atoms with Gasteiger partial charge in [-0.2, -0.15) is 0 Å². The molecule has 0 atom stereocenters. The van der Waals surface area contributed by atoms with Gasteiger partial charge in [-0.15, -0.1) is 0 Å². The third-order valence-electron chi connectivity index (χ3n) is 7.36. The van der Waals surface area contributed by atoms with Gasteiger partial charge in [-0.1, -0.05) is 126 Å². The molecule has 4 rings (SSSR count). The fraction of sp³-hybridized carbons (Fsp3) is 0.486. The molecule has 38 heavy (non-hydrogen) atoms. The zero-order valence-corrected chi connectivity index (χ0v) is 26.6. The first-order chi connectivity index (χ1) is 17.4. The fourth-order valence-corrected chi connectivity index (χ4v) is 6.33. The summed E-state index contributed by atoms with van der Waals surface area (Å²) in [5, 5.41) is 2.32. The highest BCUT2D eigenvalue weighted by Crippen LogP contribution is 2.46. The Bertz CT molecular complexity index is 1400. The van der Waals surface area contributed by atoms with Gasteiger partial charge in [0.2, 0.25) is 8.01 Å².